The first-order valence-corrected chi connectivity index (χ1v) is 12.0. The molecule has 11 nitrogen and oxygen atoms in total. The van der Waals surface area contributed by atoms with Crippen LogP contribution in [0.15, 0.2) is 42.9 Å². The summed E-state index contributed by atoms with van der Waals surface area (Å²) in [5, 5.41) is 13.1. The van der Waals surface area contributed by atoms with E-state index in [2.05, 4.69) is 36.5 Å². The Morgan fingerprint density at radius 3 is 2.84 bits per heavy atom. The monoisotopic (exact) mass is 502 g/mol. The number of nitrogens with one attached hydrogen (secondary N) is 2. The number of carbonyl (C=O) groups is 2. The number of methoxy groups -OCH3 is 1. The first-order valence-electron chi connectivity index (χ1n) is 12.0. The fourth-order valence-electron chi connectivity index (χ4n) is 5.29. The van der Waals surface area contributed by atoms with E-state index in [9.17, 15) is 9.59 Å². The van der Waals surface area contributed by atoms with Gasteiger partial charge < -0.3 is 29.4 Å². The zero-order valence-electron chi connectivity index (χ0n) is 20.4. The van der Waals surface area contributed by atoms with E-state index in [-0.39, 0.29) is 18.4 Å². The average molecular weight is 503 g/mol. The van der Waals surface area contributed by atoms with E-state index >= 15 is 0 Å². The molecule has 3 N–H and O–H groups in total. The van der Waals surface area contributed by atoms with Crippen molar-refractivity contribution in [3.05, 3.63) is 48.7 Å². The predicted octanol–water partition coefficient (Wildman–Crippen LogP) is 2.84. The number of nitrogens with zero attached hydrogens (tertiary/aromatic N) is 4. The van der Waals surface area contributed by atoms with Crippen molar-refractivity contribution >= 4 is 39.5 Å². The number of esters is 1. The van der Waals surface area contributed by atoms with E-state index in [4.69, 9.17) is 19.6 Å². The van der Waals surface area contributed by atoms with Crippen LogP contribution < -0.4 is 10.1 Å². The molecular weight excluding hydrogens is 476 g/mol. The van der Waals surface area contributed by atoms with Crippen molar-refractivity contribution in [1.29, 1.82) is 0 Å². The van der Waals surface area contributed by atoms with Crippen molar-refractivity contribution < 1.29 is 24.2 Å². The lowest BCUT2D eigenvalue weighted by Crippen LogP contribution is -2.26. The number of aryl methyl sites for hydroxylation is 1. The van der Waals surface area contributed by atoms with Gasteiger partial charge in [0.05, 0.1) is 42.7 Å². The lowest BCUT2D eigenvalue weighted by molar-refractivity contribution is -0.155. The minimum absolute atomic E-state index is 0.0746. The fraction of sp³-hybridized carbons (Fsp3) is 0.308. The zero-order chi connectivity index (χ0) is 25.7. The Hall–Kier alpha value is -4.38. The minimum atomic E-state index is -1.17. The second kappa shape index (κ2) is 8.93. The number of imidazole rings is 1. The summed E-state index contributed by atoms with van der Waals surface area (Å²) < 4.78 is 14.4. The highest BCUT2D eigenvalue weighted by atomic mass is 16.5. The van der Waals surface area contributed by atoms with Crippen molar-refractivity contribution in [1.82, 2.24) is 29.2 Å². The number of hydrogen-bond donors (Lipinski definition) is 3. The van der Waals surface area contributed by atoms with Crippen LogP contribution in [0.25, 0.3) is 38.8 Å². The number of carboxylic acids is 1. The molecule has 0 spiro atoms. The lowest BCUT2D eigenvalue weighted by atomic mass is 10.0. The maximum atomic E-state index is 12.0. The summed E-state index contributed by atoms with van der Waals surface area (Å²) in [6.07, 6.45) is 6.50. The van der Waals surface area contributed by atoms with Crippen LogP contribution >= 0.6 is 0 Å². The number of H-pyrrole nitrogens is 1. The molecule has 1 aromatic carbocycles. The highest BCUT2D eigenvalue weighted by Crippen LogP contribution is 2.35. The van der Waals surface area contributed by atoms with Crippen LogP contribution in [0, 0.1) is 0 Å². The molecule has 1 fully saturated rings. The predicted molar refractivity (Wildman–Crippen MR) is 136 cm³/mol. The van der Waals surface area contributed by atoms with Crippen molar-refractivity contribution in [3.8, 4) is 17.0 Å². The molecular formula is C26H26N6O5. The van der Waals surface area contributed by atoms with Gasteiger partial charge in [0.2, 0.25) is 0 Å². The minimum Gasteiger partial charge on any atom is -0.497 e. The molecule has 0 bridgehead atoms. The number of carbonyl (C=O) groups excluding carboxylic acids is 1. The van der Waals surface area contributed by atoms with Crippen LogP contribution in [0.5, 0.6) is 5.75 Å². The number of ether oxygens (including phenoxy) is 2. The number of carboxylic acid groups (broad SMARTS) is 1. The Bertz CT molecular complexity index is 1660. The van der Waals surface area contributed by atoms with Crippen molar-refractivity contribution in [2.24, 2.45) is 7.05 Å². The molecule has 0 radical (unpaired) electrons. The Morgan fingerprint density at radius 1 is 1.19 bits per heavy atom. The highest BCUT2D eigenvalue weighted by Gasteiger charge is 2.31. The Labute approximate surface area is 211 Å². The summed E-state index contributed by atoms with van der Waals surface area (Å²) in [4.78, 5) is 35.5. The van der Waals surface area contributed by atoms with Gasteiger partial charge in [-0.15, -0.1) is 0 Å². The summed E-state index contributed by atoms with van der Waals surface area (Å²) in [6, 6.07) is 8.02. The van der Waals surface area contributed by atoms with Gasteiger partial charge in [0.25, 0.3) is 0 Å². The number of aromatic amines is 1. The first-order chi connectivity index (χ1) is 17.9. The second-order valence-corrected chi connectivity index (χ2v) is 9.38. The van der Waals surface area contributed by atoms with E-state index in [0.717, 1.165) is 50.4 Å². The van der Waals surface area contributed by atoms with Crippen LogP contribution in [-0.4, -0.2) is 67.3 Å². The van der Waals surface area contributed by atoms with Crippen LogP contribution in [-0.2, 0) is 21.4 Å². The largest absolute Gasteiger partial charge is 0.497 e. The number of aliphatic carboxylic acids is 1. The molecule has 4 aromatic heterocycles. The van der Waals surface area contributed by atoms with Crippen LogP contribution in [0.3, 0.4) is 0 Å². The maximum absolute atomic E-state index is 12.0. The van der Waals surface area contributed by atoms with E-state index in [1.807, 2.05) is 31.4 Å². The van der Waals surface area contributed by atoms with E-state index in [0.29, 0.717) is 13.0 Å². The number of aromatic nitrogens is 5. The maximum Gasteiger partial charge on any atom is 0.341 e. The SMILES string of the molecule is COc1ccc2c(c1)c(-c1cc3c(ncc4cnc([C@H]5CNC(CC(=O)OCC(=O)O)C5)n43)[nH]1)cn2C. The molecule has 11 heteroatoms. The van der Waals surface area contributed by atoms with Crippen molar-refractivity contribution in [2.45, 2.75) is 24.8 Å². The smallest absolute Gasteiger partial charge is 0.341 e. The number of rotatable bonds is 7. The van der Waals surface area contributed by atoms with Gasteiger partial charge in [0.1, 0.15) is 11.6 Å². The molecule has 5 heterocycles. The summed E-state index contributed by atoms with van der Waals surface area (Å²) in [7, 11) is 3.68. The van der Waals surface area contributed by atoms with Crippen molar-refractivity contribution in [2.75, 3.05) is 20.3 Å². The Morgan fingerprint density at radius 2 is 2.03 bits per heavy atom. The van der Waals surface area contributed by atoms with Gasteiger partial charge in [0.15, 0.2) is 12.3 Å². The Kier molecular flexibility index (Phi) is 5.56. The molecule has 1 aliphatic heterocycles. The van der Waals surface area contributed by atoms with E-state index < -0.39 is 18.5 Å². The molecule has 0 aliphatic carbocycles. The molecule has 1 aliphatic rings. The summed E-state index contributed by atoms with van der Waals surface area (Å²) in [6.45, 7) is 0.0321. The third-order valence-electron chi connectivity index (χ3n) is 7.00. The number of fused-ring (bicyclic) bond motifs is 4. The topological polar surface area (TPSA) is 136 Å². The quantitative estimate of drug-likeness (QED) is 0.289. The van der Waals surface area contributed by atoms with Gasteiger partial charge >= 0.3 is 11.9 Å². The number of hydrogen-bond acceptors (Lipinski definition) is 7. The van der Waals surface area contributed by atoms with Gasteiger partial charge in [-0.1, -0.05) is 0 Å². The molecule has 6 rings (SSSR count). The van der Waals surface area contributed by atoms with Crippen LogP contribution in [0.2, 0.25) is 0 Å². The molecule has 2 atom stereocenters. The Balaban J connectivity index is 1.34. The van der Waals surface area contributed by atoms with Gasteiger partial charge in [-0.2, -0.15) is 0 Å². The summed E-state index contributed by atoms with van der Waals surface area (Å²) >= 11 is 0. The normalized spacial score (nSPS) is 17.7. The van der Waals surface area contributed by atoms with E-state index in [1.165, 1.54) is 0 Å². The number of benzene rings is 1. The first kappa shape index (κ1) is 23.0. The molecule has 1 unspecified atom stereocenters. The summed E-state index contributed by atoms with van der Waals surface area (Å²) in [5.74, 6) is 0.0679. The van der Waals surface area contributed by atoms with Crippen molar-refractivity contribution in [3.63, 3.8) is 0 Å². The molecule has 0 amide bonds. The van der Waals surface area contributed by atoms with Gasteiger partial charge in [0, 0.05) is 48.2 Å². The second-order valence-electron chi connectivity index (χ2n) is 9.38. The molecule has 0 saturated carbocycles. The third kappa shape index (κ3) is 4.06. The molecule has 190 valence electrons. The molecule has 37 heavy (non-hydrogen) atoms. The van der Waals surface area contributed by atoms with Gasteiger partial charge in [-0.25, -0.2) is 14.8 Å². The van der Waals surface area contributed by atoms with Crippen LogP contribution in [0.4, 0.5) is 0 Å². The van der Waals surface area contributed by atoms with Crippen LogP contribution in [0.1, 0.15) is 24.6 Å². The van der Waals surface area contributed by atoms with Gasteiger partial charge in [-0.3, -0.25) is 9.20 Å². The molecule has 5 aromatic rings. The standard InChI is InChI=1S/C26H26N6O5/c1-31-12-19(18-7-17(36-2)3-4-21(18)31)20-8-22-25(30-20)28-10-16-11-29-26(32(16)22)14-5-15(27-9-14)6-24(35)37-13-23(33)34/h3-4,7-8,10-12,14-15,27,30H,5-6,9,13H2,1-2H3,(H,33,34)/t14-,15?/m1/s1. The van der Waals surface area contributed by atoms with E-state index in [1.54, 1.807) is 13.3 Å². The highest BCUT2D eigenvalue weighted by molar-refractivity contribution is 5.98. The zero-order valence-corrected chi connectivity index (χ0v) is 20.4. The van der Waals surface area contributed by atoms with Gasteiger partial charge in [-0.05, 0) is 30.7 Å². The molecule has 1 saturated heterocycles. The average Bonchev–Trinajstić information content (AvgIpc) is 3.66. The third-order valence-corrected chi connectivity index (χ3v) is 7.00. The fourth-order valence-corrected chi connectivity index (χ4v) is 5.29. The lowest BCUT2D eigenvalue weighted by Gasteiger charge is -2.10. The summed E-state index contributed by atoms with van der Waals surface area (Å²) in [5.41, 5.74) is 5.65.